The van der Waals surface area contributed by atoms with Gasteiger partial charge in [-0.1, -0.05) is 5.16 Å². The summed E-state index contributed by atoms with van der Waals surface area (Å²) in [6.07, 6.45) is 0.735. The minimum atomic E-state index is -0.693. The first-order valence-corrected chi connectivity index (χ1v) is 5.45. The summed E-state index contributed by atoms with van der Waals surface area (Å²) in [4.78, 5) is 13.0. The van der Waals surface area contributed by atoms with Gasteiger partial charge in [0.05, 0.1) is 11.6 Å². The Morgan fingerprint density at radius 1 is 1.62 bits per heavy atom. The van der Waals surface area contributed by atoms with Gasteiger partial charge in [0.1, 0.15) is 5.76 Å². The van der Waals surface area contributed by atoms with Gasteiger partial charge in [-0.25, -0.2) is 0 Å². The van der Waals surface area contributed by atoms with E-state index in [0.29, 0.717) is 6.54 Å². The molecular formula is C11H16N2O3. The number of hydrogen-bond donors (Lipinski definition) is 1. The SMILES string of the molecule is Cc1noc(C)c1CN1CC[C@@H](C(=O)O)C1. The Morgan fingerprint density at radius 2 is 2.38 bits per heavy atom. The molecular weight excluding hydrogens is 208 g/mol. The van der Waals surface area contributed by atoms with Gasteiger partial charge in [-0.3, -0.25) is 9.69 Å². The zero-order valence-electron chi connectivity index (χ0n) is 9.56. The van der Waals surface area contributed by atoms with E-state index < -0.39 is 5.97 Å². The van der Waals surface area contributed by atoms with Crippen molar-refractivity contribution in [3.63, 3.8) is 0 Å². The Kier molecular flexibility index (Phi) is 2.96. The number of likely N-dealkylation sites (tertiary alicyclic amines) is 1. The van der Waals surface area contributed by atoms with Crippen molar-refractivity contribution in [3.05, 3.63) is 17.0 Å². The van der Waals surface area contributed by atoms with E-state index in [2.05, 4.69) is 10.1 Å². The highest BCUT2D eigenvalue weighted by Crippen LogP contribution is 2.21. The molecule has 1 saturated heterocycles. The van der Waals surface area contributed by atoms with Crippen molar-refractivity contribution in [2.75, 3.05) is 13.1 Å². The van der Waals surface area contributed by atoms with Crippen molar-refractivity contribution in [3.8, 4) is 0 Å². The maximum Gasteiger partial charge on any atom is 0.307 e. The maximum atomic E-state index is 10.8. The molecule has 88 valence electrons. The van der Waals surface area contributed by atoms with Crippen LogP contribution >= 0.6 is 0 Å². The Morgan fingerprint density at radius 3 is 2.88 bits per heavy atom. The van der Waals surface area contributed by atoms with Crippen molar-refractivity contribution >= 4 is 5.97 Å². The zero-order chi connectivity index (χ0) is 11.7. The second-order valence-corrected chi connectivity index (χ2v) is 4.36. The summed E-state index contributed by atoms with van der Waals surface area (Å²) in [6, 6.07) is 0. The third-order valence-electron chi connectivity index (χ3n) is 3.18. The standard InChI is InChI=1S/C11H16N2O3/c1-7-10(8(2)16-12-7)6-13-4-3-9(5-13)11(14)15/h9H,3-6H2,1-2H3,(H,14,15)/t9-/m1/s1. The van der Waals surface area contributed by atoms with E-state index in [0.717, 1.165) is 36.5 Å². The van der Waals surface area contributed by atoms with E-state index in [4.69, 9.17) is 9.63 Å². The summed E-state index contributed by atoms with van der Waals surface area (Å²) in [5.74, 6) is -0.0852. The lowest BCUT2D eigenvalue weighted by Crippen LogP contribution is -2.23. The zero-order valence-corrected chi connectivity index (χ0v) is 9.56. The lowest BCUT2D eigenvalue weighted by molar-refractivity contribution is -0.141. The van der Waals surface area contributed by atoms with E-state index in [1.807, 2.05) is 13.8 Å². The molecule has 5 heteroatoms. The third-order valence-corrected chi connectivity index (χ3v) is 3.18. The van der Waals surface area contributed by atoms with Crippen LogP contribution in [0.5, 0.6) is 0 Å². The Balaban J connectivity index is 2.00. The van der Waals surface area contributed by atoms with Gasteiger partial charge in [-0.05, 0) is 26.8 Å². The number of hydrogen-bond acceptors (Lipinski definition) is 4. The van der Waals surface area contributed by atoms with Crippen LogP contribution in [0, 0.1) is 19.8 Å². The Bertz CT molecular complexity index is 380. The molecule has 1 aliphatic rings. The van der Waals surface area contributed by atoms with Crippen LogP contribution in [0.15, 0.2) is 4.52 Å². The fraction of sp³-hybridized carbons (Fsp3) is 0.636. The molecule has 1 aromatic heterocycles. The van der Waals surface area contributed by atoms with Gasteiger partial charge in [-0.15, -0.1) is 0 Å². The number of rotatable bonds is 3. The van der Waals surface area contributed by atoms with Crippen molar-refractivity contribution in [2.24, 2.45) is 5.92 Å². The normalized spacial score (nSPS) is 21.5. The molecule has 2 heterocycles. The van der Waals surface area contributed by atoms with E-state index in [9.17, 15) is 4.79 Å². The first kappa shape index (κ1) is 11.1. The first-order chi connectivity index (χ1) is 7.58. The van der Waals surface area contributed by atoms with Gasteiger partial charge in [0.2, 0.25) is 0 Å². The fourth-order valence-corrected chi connectivity index (χ4v) is 2.13. The van der Waals surface area contributed by atoms with Gasteiger partial charge in [0.25, 0.3) is 0 Å². The van der Waals surface area contributed by atoms with Gasteiger partial charge in [0.15, 0.2) is 0 Å². The molecule has 0 saturated carbocycles. The average molecular weight is 224 g/mol. The average Bonchev–Trinajstić information content (AvgIpc) is 2.80. The van der Waals surface area contributed by atoms with E-state index in [-0.39, 0.29) is 5.92 Å². The summed E-state index contributed by atoms with van der Waals surface area (Å²) in [5, 5.41) is 12.8. The molecule has 1 aromatic rings. The third kappa shape index (κ3) is 2.09. The summed E-state index contributed by atoms with van der Waals surface area (Å²) in [7, 11) is 0. The highest BCUT2D eigenvalue weighted by molar-refractivity contribution is 5.70. The largest absolute Gasteiger partial charge is 0.481 e. The number of aryl methyl sites for hydroxylation is 2. The molecule has 0 aliphatic carbocycles. The molecule has 2 rings (SSSR count). The molecule has 0 aromatic carbocycles. The highest BCUT2D eigenvalue weighted by Gasteiger charge is 2.28. The molecule has 0 amide bonds. The molecule has 1 atom stereocenters. The summed E-state index contributed by atoms with van der Waals surface area (Å²) >= 11 is 0. The topological polar surface area (TPSA) is 66.6 Å². The lowest BCUT2D eigenvalue weighted by Gasteiger charge is -2.14. The molecule has 5 nitrogen and oxygen atoms in total. The molecule has 0 bridgehead atoms. The maximum absolute atomic E-state index is 10.8. The van der Waals surface area contributed by atoms with Crippen LogP contribution < -0.4 is 0 Å². The lowest BCUT2D eigenvalue weighted by atomic mass is 10.1. The number of aromatic nitrogens is 1. The van der Waals surface area contributed by atoms with Crippen LogP contribution in [0.3, 0.4) is 0 Å². The first-order valence-electron chi connectivity index (χ1n) is 5.45. The number of aliphatic carboxylic acids is 1. The molecule has 0 spiro atoms. The molecule has 0 radical (unpaired) electrons. The number of carboxylic acids is 1. The highest BCUT2D eigenvalue weighted by atomic mass is 16.5. The van der Waals surface area contributed by atoms with Crippen LogP contribution in [-0.4, -0.2) is 34.2 Å². The summed E-state index contributed by atoms with van der Waals surface area (Å²) in [5.41, 5.74) is 1.99. The van der Waals surface area contributed by atoms with E-state index >= 15 is 0 Å². The number of nitrogens with zero attached hydrogens (tertiary/aromatic N) is 2. The molecule has 1 fully saturated rings. The minimum Gasteiger partial charge on any atom is -0.481 e. The van der Waals surface area contributed by atoms with Crippen molar-refractivity contribution in [1.82, 2.24) is 10.1 Å². The number of carbonyl (C=O) groups is 1. The summed E-state index contributed by atoms with van der Waals surface area (Å²) in [6.45, 7) is 6.00. The van der Waals surface area contributed by atoms with Gasteiger partial charge in [-0.2, -0.15) is 0 Å². The van der Waals surface area contributed by atoms with Gasteiger partial charge < -0.3 is 9.63 Å². The van der Waals surface area contributed by atoms with Gasteiger partial charge >= 0.3 is 5.97 Å². The smallest absolute Gasteiger partial charge is 0.307 e. The number of carboxylic acid groups (broad SMARTS) is 1. The van der Waals surface area contributed by atoms with Crippen LogP contribution in [0.1, 0.15) is 23.4 Å². The monoisotopic (exact) mass is 224 g/mol. The van der Waals surface area contributed by atoms with Crippen LogP contribution in [-0.2, 0) is 11.3 Å². The predicted octanol–water partition coefficient (Wildman–Crippen LogP) is 1.20. The van der Waals surface area contributed by atoms with E-state index in [1.165, 1.54) is 0 Å². The quantitative estimate of drug-likeness (QED) is 0.835. The Hall–Kier alpha value is -1.36. The van der Waals surface area contributed by atoms with Crippen LogP contribution in [0.2, 0.25) is 0 Å². The minimum absolute atomic E-state index is 0.222. The van der Waals surface area contributed by atoms with Gasteiger partial charge in [0, 0.05) is 18.7 Å². The van der Waals surface area contributed by atoms with Crippen LogP contribution in [0.4, 0.5) is 0 Å². The molecule has 1 N–H and O–H groups in total. The Labute approximate surface area is 94.0 Å². The molecule has 0 unspecified atom stereocenters. The molecule has 1 aliphatic heterocycles. The van der Waals surface area contributed by atoms with Crippen LogP contribution in [0.25, 0.3) is 0 Å². The van der Waals surface area contributed by atoms with Crippen molar-refractivity contribution in [2.45, 2.75) is 26.8 Å². The fourth-order valence-electron chi connectivity index (χ4n) is 2.13. The van der Waals surface area contributed by atoms with E-state index in [1.54, 1.807) is 0 Å². The molecule has 16 heavy (non-hydrogen) atoms. The summed E-state index contributed by atoms with van der Waals surface area (Å²) < 4.78 is 5.09. The predicted molar refractivity (Wildman–Crippen MR) is 57.0 cm³/mol. The van der Waals surface area contributed by atoms with Crippen molar-refractivity contribution in [1.29, 1.82) is 0 Å². The second kappa shape index (κ2) is 4.25. The second-order valence-electron chi connectivity index (χ2n) is 4.36. The van der Waals surface area contributed by atoms with Crippen molar-refractivity contribution < 1.29 is 14.4 Å².